The van der Waals surface area contributed by atoms with Crippen LogP contribution in [0.3, 0.4) is 0 Å². The molecule has 2 nitrogen and oxygen atoms in total. The summed E-state index contributed by atoms with van der Waals surface area (Å²) in [6.07, 6.45) is 0. The van der Waals surface area contributed by atoms with Gasteiger partial charge in [-0.2, -0.15) is 0 Å². The second kappa shape index (κ2) is 3.72. The minimum Gasteiger partial charge on any atom is -0.325 e. The summed E-state index contributed by atoms with van der Waals surface area (Å²) in [5.74, 6) is 0.837. The van der Waals surface area contributed by atoms with Crippen molar-refractivity contribution in [2.45, 2.75) is 18.7 Å². The van der Waals surface area contributed by atoms with Crippen molar-refractivity contribution in [2.75, 3.05) is 11.1 Å². The molecule has 1 aliphatic heterocycles. The summed E-state index contributed by atoms with van der Waals surface area (Å²) >= 11 is 7.58. The number of carbonyl (C=O) groups excluding carboxylic acids is 1. The number of nitrogens with one attached hydrogen (secondary N) is 1. The summed E-state index contributed by atoms with van der Waals surface area (Å²) in [4.78, 5) is 12.9. The molecule has 0 saturated carbocycles. The van der Waals surface area contributed by atoms with E-state index >= 15 is 0 Å². The minimum absolute atomic E-state index is 0.0519. The Morgan fingerprint density at radius 1 is 1.47 bits per heavy atom. The molecular formula is C11H12ClNOS. The molecule has 0 saturated heterocycles. The average Bonchev–Trinajstić information content (AvgIpc) is 2.25. The van der Waals surface area contributed by atoms with Crippen LogP contribution in [0.25, 0.3) is 0 Å². The molecule has 0 spiro atoms. The third-order valence-electron chi connectivity index (χ3n) is 2.39. The number of fused-ring (bicyclic) bond motifs is 1. The van der Waals surface area contributed by atoms with Gasteiger partial charge >= 0.3 is 0 Å². The first kappa shape index (κ1) is 10.8. The number of thioether (sulfide) groups is 1. The summed E-state index contributed by atoms with van der Waals surface area (Å²) in [6, 6.07) is 5.59. The van der Waals surface area contributed by atoms with Crippen LogP contribution in [0, 0.1) is 5.41 Å². The molecular weight excluding hydrogens is 230 g/mol. The van der Waals surface area contributed by atoms with Gasteiger partial charge in [-0.25, -0.2) is 0 Å². The summed E-state index contributed by atoms with van der Waals surface area (Å²) in [7, 11) is 0. The topological polar surface area (TPSA) is 29.1 Å². The third-order valence-corrected chi connectivity index (χ3v) is 4.16. The largest absolute Gasteiger partial charge is 0.325 e. The fourth-order valence-electron chi connectivity index (χ4n) is 1.34. The Labute approximate surface area is 98.4 Å². The van der Waals surface area contributed by atoms with Crippen LogP contribution in [-0.4, -0.2) is 11.7 Å². The second-order valence-corrected chi connectivity index (χ2v) is 5.72. The van der Waals surface area contributed by atoms with Crippen LogP contribution in [0.5, 0.6) is 0 Å². The monoisotopic (exact) mass is 241 g/mol. The molecule has 0 aliphatic carbocycles. The Balaban J connectivity index is 2.40. The number of benzene rings is 1. The van der Waals surface area contributed by atoms with E-state index in [0.717, 1.165) is 16.3 Å². The van der Waals surface area contributed by atoms with E-state index in [4.69, 9.17) is 11.6 Å². The van der Waals surface area contributed by atoms with E-state index in [1.165, 1.54) is 0 Å². The van der Waals surface area contributed by atoms with Gasteiger partial charge in [-0.15, -0.1) is 11.8 Å². The fraction of sp³-hybridized carbons (Fsp3) is 0.364. The van der Waals surface area contributed by atoms with Gasteiger partial charge in [0.25, 0.3) is 0 Å². The van der Waals surface area contributed by atoms with Gasteiger partial charge in [-0.3, -0.25) is 4.79 Å². The highest BCUT2D eigenvalue weighted by atomic mass is 35.5. The van der Waals surface area contributed by atoms with Crippen molar-refractivity contribution in [3.63, 3.8) is 0 Å². The molecule has 1 heterocycles. The van der Waals surface area contributed by atoms with Crippen LogP contribution in [0.15, 0.2) is 23.1 Å². The summed E-state index contributed by atoms with van der Waals surface area (Å²) < 4.78 is 0. The molecule has 80 valence electrons. The maximum atomic E-state index is 11.8. The Morgan fingerprint density at radius 2 is 2.20 bits per heavy atom. The molecule has 0 aromatic heterocycles. The number of rotatable bonds is 0. The Kier molecular flexibility index (Phi) is 2.69. The first-order valence-electron chi connectivity index (χ1n) is 4.73. The van der Waals surface area contributed by atoms with E-state index in [-0.39, 0.29) is 11.3 Å². The summed E-state index contributed by atoms with van der Waals surface area (Å²) in [6.45, 7) is 3.89. The number of carbonyl (C=O) groups is 1. The first-order chi connectivity index (χ1) is 6.99. The Hall–Kier alpha value is -0.670. The van der Waals surface area contributed by atoms with Crippen LogP contribution < -0.4 is 5.32 Å². The standard InChI is InChI=1S/C11H12ClNOS/c1-11(2)6-15-9-4-3-7(12)5-8(9)13-10(11)14/h3-5H,6H2,1-2H3,(H,13,14). The predicted molar refractivity (Wildman–Crippen MR) is 64.6 cm³/mol. The third kappa shape index (κ3) is 2.13. The van der Waals surface area contributed by atoms with E-state index in [2.05, 4.69) is 5.32 Å². The SMILES string of the molecule is CC1(C)CSc2ccc(Cl)cc2NC1=O. The second-order valence-electron chi connectivity index (χ2n) is 4.27. The number of anilines is 1. The lowest BCUT2D eigenvalue weighted by Gasteiger charge is -2.18. The molecule has 1 aromatic rings. The first-order valence-corrected chi connectivity index (χ1v) is 6.09. The molecule has 0 bridgehead atoms. The number of hydrogen-bond donors (Lipinski definition) is 1. The van der Waals surface area contributed by atoms with Gasteiger partial charge in [0, 0.05) is 15.7 Å². The molecule has 1 amide bonds. The van der Waals surface area contributed by atoms with Gasteiger partial charge in [0.2, 0.25) is 5.91 Å². The van der Waals surface area contributed by atoms with Gasteiger partial charge in [0.05, 0.1) is 11.1 Å². The molecule has 0 unspecified atom stereocenters. The smallest absolute Gasteiger partial charge is 0.230 e. The molecule has 15 heavy (non-hydrogen) atoms. The summed E-state index contributed by atoms with van der Waals surface area (Å²) in [5.41, 5.74) is 0.485. The normalized spacial score (nSPS) is 19.0. The Bertz CT molecular complexity index is 417. The maximum absolute atomic E-state index is 11.8. The van der Waals surface area contributed by atoms with Gasteiger partial charge in [-0.1, -0.05) is 25.4 Å². The van der Waals surface area contributed by atoms with Crippen molar-refractivity contribution in [3.8, 4) is 0 Å². The van der Waals surface area contributed by atoms with Gasteiger partial charge in [0.15, 0.2) is 0 Å². The van der Waals surface area contributed by atoms with E-state index in [0.29, 0.717) is 5.02 Å². The summed E-state index contributed by atoms with van der Waals surface area (Å²) in [5, 5.41) is 3.56. The molecule has 2 rings (SSSR count). The highest BCUT2D eigenvalue weighted by Crippen LogP contribution is 2.38. The van der Waals surface area contributed by atoms with Gasteiger partial charge in [-0.05, 0) is 18.2 Å². The molecule has 4 heteroatoms. The number of hydrogen-bond acceptors (Lipinski definition) is 2. The van der Waals surface area contributed by atoms with E-state index in [1.807, 2.05) is 26.0 Å². The molecule has 1 aromatic carbocycles. The van der Waals surface area contributed by atoms with Crippen molar-refractivity contribution in [1.29, 1.82) is 0 Å². The molecule has 0 radical (unpaired) electrons. The van der Waals surface area contributed by atoms with Crippen molar-refractivity contribution in [2.24, 2.45) is 5.41 Å². The van der Waals surface area contributed by atoms with Crippen molar-refractivity contribution >= 4 is 35.0 Å². The van der Waals surface area contributed by atoms with Crippen molar-refractivity contribution in [1.82, 2.24) is 0 Å². The fourth-order valence-corrected chi connectivity index (χ4v) is 2.59. The maximum Gasteiger partial charge on any atom is 0.230 e. The Morgan fingerprint density at radius 3 is 2.93 bits per heavy atom. The minimum atomic E-state index is -0.337. The molecule has 1 aliphatic rings. The lowest BCUT2D eigenvalue weighted by atomic mass is 9.95. The predicted octanol–water partition coefficient (Wildman–Crippen LogP) is 3.41. The molecule has 1 N–H and O–H groups in total. The average molecular weight is 242 g/mol. The van der Waals surface area contributed by atoms with Crippen LogP contribution in [-0.2, 0) is 4.79 Å². The zero-order chi connectivity index (χ0) is 11.1. The lowest BCUT2D eigenvalue weighted by molar-refractivity contribution is -0.122. The van der Waals surface area contributed by atoms with E-state index < -0.39 is 0 Å². The van der Waals surface area contributed by atoms with Crippen LogP contribution in [0.1, 0.15) is 13.8 Å². The highest BCUT2D eigenvalue weighted by Gasteiger charge is 2.31. The van der Waals surface area contributed by atoms with Gasteiger partial charge < -0.3 is 5.32 Å². The number of amides is 1. The van der Waals surface area contributed by atoms with Crippen LogP contribution >= 0.6 is 23.4 Å². The van der Waals surface area contributed by atoms with Crippen molar-refractivity contribution < 1.29 is 4.79 Å². The molecule has 0 fully saturated rings. The quantitative estimate of drug-likeness (QED) is 0.754. The molecule has 0 atom stereocenters. The lowest BCUT2D eigenvalue weighted by Crippen LogP contribution is -2.31. The highest BCUT2D eigenvalue weighted by molar-refractivity contribution is 7.99. The number of halogens is 1. The van der Waals surface area contributed by atoms with Gasteiger partial charge in [0.1, 0.15) is 0 Å². The van der Waals surface area contributed by atoms with Crippen LogP contribution in [0.2, 0.25) is 5.02 Å². The van der Waals surface area contributed by atoms with Crippen molar-refractivity contribution in [3.05, 3.63) is 23.2 Å². The van der Waals surface area contributed by atoms with E-state index in [9.17, 15) is 4.79 Å². The van der Waals surface area contributed by atoms with E-state index in [1.54, 1.807) is 17.8 Å². The zero-order valence-electron chi connectivity index (χ0n) is 8.63. The zero-order valence-corrected chi connectivity index (χ0v) is 10.2. The van der Waals surface area contributed by atoms with Crippen LogP contribution in [0.4, 0.5) is 5.69 Å².